The molecule has 0 radical (unpaired) electrons. The number of ether oxygens (including phenoxy) is 1. The maximum Gasteiger partial charge on any atom is 0.326 e. The summed E-state index contributed by atoms with van der Waals surface area (Å²) in [6.45, 7) is 0.710. The van der Waals surface area contributed by atoms with Crippen molar-refractivity contribution in [2.24, 2.45) is 0 Å². The van der Waals surface area contributed by atoms with E-state index in [9.17, 15) is 9.59 Å². The van der Waals surface area contributed by atoms with Gasteiger partial charge in [0.25, 0.3) is 0 Å². The number of carbonyl (C=O) groups excluding carboxylic acids is 2. The van der Waals surface area contributed by atoms with Gasteiger partial charge in [0, 0.05) is 40.2 Å². The fourth-order valence-electron chi connectivity index (χ4n) is 3.57. The average Bonchev–Trinajstić information content (AvgIpc) is 2.91. The zero-order chi connectivity index (χ0) is 26.7. The fraction of sp³-hybridized carbons (Fsp3) is 0.103. The minimum Gasteiger partial charge on any atom is -0.457 e. The summed E-state index contributed by atoms with van der Waals surface area (Å²) in [5.74, 6) is 1.37. The Bertz CT molecular complexity index is 1350. The molecular formula is C29H26Cl2N4O3. The molecule has 0 fully saturated rings. The molecule has 0 bridgehead atoms. The highest BCUT2D eigenvalue weighted by atomic mass is 35.5. The van der Waals surface area contributed by atoms with Crippen molar-refractivity contribution in [3.8, 4) is 11.5 Å². The molecule has 9 heteroatoms. The van der Waals surface area contributed by atoms with Gasteiger partial charge in [-0.05, 0) is 85.3 Å². The molecule has 0 aliphatic heterocycles. The van der Waals surface area contributed by atoms with Crippen LogP contribution in [0.2, 0.25) is 10.0 Å². The monoisotopic (exact) mass is 548 g/mol. The molecule has 4 aromatic rings. The number of amides is 4. The molecule has 4 rings (SSSR count). The van der Waals surface area contributed by atoms with E-state index in [0.717, 1.165) is 5.75 Å². The highest BCUT2D eigenvalue weighted by Gasteiger charge is 2.16. The highest BCUT2D eigenvalue weighted by molar-refractivity contribution is 6.31. The van der Waals surface area contributed by atoms with E-state index in [4.69, 9.17) is 27.9 Å². The number of nitrogens with one attached hydrogen (secondary N) is 3. The van der Waals surface area contributed by atoms with Crippen LogP contribution in [0, 0.1) is 0 Å². The van der Waals surface area contributed by atoms with Crippen LogP contribution in [-0.2, 0) is 0 Å². The van der Waals surface area contributed by atoms with Gasteiger partial charge in [0.15, 0.2) is 0 Å². The van der Waals surface area contributed by atoms with Crippen molar-refractivity contribution in [2.45, 2.75) is 6.42 Å². The number of nitrogens with zero attached hydrogens (tertiary/aromatic N) is 1. The molecule has 0 aliphatic rings. The number of hydrogen-bond donors (Lipinski definition) is 3. The van der Waals surface area contributed by atoms with Crippen molar-refractivity contribution in [3.63, 3.8) is 0 Å². The van der Waals surface area contributed by atoms with Crippen LogP contribution in [0.3, 0.4) is 0 Å². The Morgan fingerprint density at radius 1 is 0.711 bits per heavy atom. The minimum atomic E-state index is -0.355. The fourth-order valence-corrected chi connectivity index (χ4v) is 3.89. The van der Waals surface area contributed by atoms with Gasteiger partial charge in [-0.2, -0.15) is 0 Å². The highest BCUT2D eigenvalue weighted by Crippen LogP contribution is 2.25. The number of halogens is 2. The Kier molecular flexibility index (Phi) is 9.45. The first-order chi connectivity index (χ1) is 18.5. The molecule has 0 aromatic heterocycles. The molecule has 0 heterocycles. The Morgan fingerprint density at radius 3 is 2.13 bits per heavy atom. The number of rotatable bonds is 9. The number of carbonyl (C=O) groups is 2. The second-order valence-corrected chi connectivity index (χ2v) is 9.12. The Hall–Kier alpha value is -4.20. The van der Waals surface area contributed by atoms with Crippen molar-refractivity contribution in [1.29, 1.82) is 0 Å². The van der Waals surface area contributed by atoms with Gasteiger partial charge in [-0.25, -0.2) is 9.59 Å². The molecule has 3 N–H and O–H groups in total. The molecule has 0 spiro atoms. The van der Waals surface area contributed by atoms with Gasteiger partial charge in [-0.3, -0.25) is 4.90 Å². The number of urea groups is 2. The third kappa shape index (κ3) is 8.16. The van der Waals surface area contributed by atoms with Crippen LogP contribution in [0.25, 0.3) is 0 Å². The molecule has 0 saturated carbocycles. The normalized spacial score (nSPS) is 10.4. The lowest BCUT2D eigenvalue weighted by Crippen LogP contribution is -2.38. The molecule has 4 aromatic carbocycles. The topological polar surface area (TPSA) is 82.7 Å². The SMILES string of the molecule is O=C(NCCCN(C(=O)Nc1ccc(Cl)cc1)c1ccc(Oc2ccccc2)cc1)Nc1cccc(Cl)c1. The number of anilines is 3. The molecule has 0 atom stereocenters. The summed E-state index contributed by atoms with van der Waals surface area (Å²) in [4.78, 5) is 27.1. The van der Waals surface area contributed by atoms with Crippen LogP contribution in [0.5, 0.6) is 11.5 Å². The molecule has 0 saturated heterocycles. The maximum atomic E-state index is 13.2. The molecule has 7 nitrogen and oxygen atoms in total. The molecule has 4 amide bonds. The van der Waals surface area contributed by atoms with Gasteiger partial charge in [0.2, 0.25) is 0 Å². The summed E-state index contributed by atoms with van der Waals surface area (Å²) in [6.07, 6.45) is 0.513. The standard InChI is InChI=1S/C29H26Cl2N4O3/c30-21-10-12-23(13-11-21)34-29(37)35(19-5-18-32-28(36)33-24-7-4-6-22(31)20-24)25-14-16-27(17-15-25)38-26-8-2-1-3-9-26/h1-4,6-17,20H,5,18-19H2,(H,34,37)(H2,32,33,36). The van der Waals surface area contributed by atoms with Crippen LogP contribution in [0.1, 0.15) is 6.42 Å². The van der Waals surface area contributed by atoms with Gasteiger partial charge < -0.3 is 20.7 Å². The van der Waals surface area contributed by atoms with E-state index in [1.807, 2.05) is 54.6 Å². The first-order valence-electron chi connectivity index (χ1n) is 11.9. The van der Waals surface area contributed by atoms with Crippen LogP contribution >= 0.6 is 23.2 Å². The largest absolute Gasteiger partial charge is 0.457 e. The smallest absolute Gasteiger partial charge is 0.326 e. The second-order valence-electron chi connectivity index (χ2n) is 8.24. The van der Waals surface area contributed by atoms with E-state index in [0.29, 0.717) is 52.4 Å². The third-order valence-corrected chi connectivity index (χ3v) is 5.88. The number of para-hydroxylation sites is 1. The molecule has 194 valence electrons. The lowest BCUT2D eigenvalue weighted by molar-refractivity contribution is 0.252. The van der Waals surface area contributed by atoms with E-state index in [-0.39, 0.29) is 12.1 Å². The zero-order valence-corrected chi connectivity index (χ0v) is 21.9. The van der Waals surface area contributed by atoms with E-state index < -0.39 is 0 Å². The Labute approximate surface area is 231 Å². The van der Waals surface area contributed by atoms with E-state index in [1.165, 1.54) is 0 Å². The lowest BCUT2D eigenvalue weighted by atomic mass is 10.2. The van der Waals surface area contributed by atoms with Crippen LogP contribution in [-0.4, -0.2) is 25.2 Å². The summed E-state index contributed by atoms with van der Waals surface area (Å²) in [7, 11) is 0. The summed E-state index contributed by atoms with van der Waals surface area (Å²) in [5.41, 5.74) is 1.89. The summed E-state index contributed by atoms with van der Waals surface area (Å²) in [6, 6.07) is 29.8. The van der Waals surface area contributed by atoms with E-state index in [1.54, 1.807) is 53.4 Å². The van der Waals surface area contributed by atoms with E-state index in [2.05, 4.69) is 16.0 Å². The molecule has 0 unspecified atom stereocenters. The molecular weight excluding hydrogens is 523 g/mol. The van der Waals surface area contributed by atoms with Gasteiger partial charge in [0.1, 0.15) is 11.5 Å². The lowest BCUT2D eigenvalue weighted by Gasteiger charge is -2.24. The van der Waals surface area contributed by atoms with Crippen molar-refractivity contribution in [3.05, 3.63) is 113 Å². The second kappa shape index (κ2) is 13.4. The average molecular weight is 549 g/mol. The third-order valence-electron chi connectivity index (χ3n) is 5.39. The predicted octanol–water partition coefficient (Wildman–Crippen LogP) is 8.04. The number of hydrogen-bond acceptors (Lipinski definition) is 3. The van der Waals surface area contributed by atoms with Gasteiger partial charge >= 0.3 is 12.1 Å². The van der Waals surface area contributed by atoms with Crippen molar-refractivity contribution in [1.82, 2.24) is 5.32 Å². The zero-order valence-electron chi connectivity index (χ0n) is 20.4. The van der Waals surface area contributed by atoms with Crippen molar-refractivity contribution < 1.29 is 14.3 Å². The van der Waals surface area contributed by atoms with Crippen molar-refractivity contribution in [2.75, 3.05) is 28.6 Å². The molecule has 0 aliphatic carbocycles. The van der Waals surface area contributed by atoms with Gasteiger partial charge in [0.05, 0.1) is 0 Å². The van der Waals surface area contributed by atoms with Gasteiger partial charge in [-0.1, -0.05) is 47.5 Å². The van der Waals surface area contributed by atoms with Crippen LogP contribution < -0.4 is 25.6 Å². The summed E-state index contributed by atoms with van der Waals surface area (Å²) in [5, 5.41) is 9.55. The summed E-state index contributed by atoms with van der Waals surface area (Å²) < 4.78 is 5.87. The quantitative estimate of drug-likeness (QED) is 0.185. The first kappa shape index (κ1) is 26.9. The minimum absolute atomic E-state index is 0.313. The number of benzene rings is 4. The van der Waals surface area contributed by atoms with Crippen LogP contribution in [0.4, 0.5) is 26.7 Å². The van der Waals surface area contributed by atoms with E-state index >= 15 is 0 Å². The predicted molar refractivity (Wildman–Crippen MR) is 154 cm³/mol. The first-order valence-corrected chi connectivity index (χ1v) is 12.7. The van der Waals surface area contributed by atoms with Crippen LogP contribution in [0.15, 0.2) is 103 Å². The van der Waals surface area contributed by atoms with Gasteiger partial charge in [-0.15, -0.1) is 0 Å². The van der Waals surface area contributed by atoms with Crippen molar-refractivity contribution >= 4 is 52.3 Å². The summed E-state index contributed by atoms with van der Waals surface area (Å²) >= 11 is 11.9. The Morgan fingerprint density at radius 2 is 1.42 bits per heavy atom. The Balaban J connectivity index is 1.38. The maximum absolute atomic E-state index is 13.2. The molecule has 38 heavy (non-hydrogen) atoms.